The zero-order chi connectivity index (χ0) is 11.1. The molecule has 1 heterocycles. The SMILES string of the molecule is N#CC1CC1c1ccc2c(c1)NC(=O)CO2. The smallest absolute Gasteiger partial charge is 0.262 e. The van der Waals surface area contributed by atoms with Gasteiger partial charge in [0, 0.05) is 5.92 Å². The fraction of sp³-hybridized carbons (Fsp3) is 0.333. The van der Waals surface area contributed by atoms with Gasteiger partial charge in [0.25, 0.3) is 5.91 Å². The second-order valence-electron chi connectivity index (χ2n) is 4.17. The van der Waals surface area contributed by atoms with Crippen LogP contribution in [0.1, 0.15) is 17.9 Å². The fourth-order valence-electron chi connectivity index (χ4n) is 2.04. The number of carbonyl (C=O) groups excluding carboxylic acids is 1. The number of anilines is 1. The number of amides is 1. The number of nitriles is 1. The Bertz CT molecular complexity index is 504. The number of nitrogens with zero attached hydrogens (tertiary/aromatic N) is 1. The largest absolute Gasteiger partial charge is 0.482 e. The van der Waals surface area contributed by atoms with Crippen molar-refractivity contribution >= 4 is 11.6 Å². The van der Waals surface area contributed by atoms with Gasteiger partial charge in [0.15, 0.2) is 6.61 Å². The van der Waals surface area contributed by atoms with Gasteiger partial charge in [-0.1, -0.05) is 6.07 Å². The summed E-state index contributed by atoms with van der Waals surface area (Å²) in [6, 6.07) is 8.00. The first kappa shape index (κ1) is 9.22. The molecule has 4 heteroatoms. The van der Waals surface area contributed by atoms with Gasteiger partial charge in [-0.3, -0.25) is 4.79 Å². The molecule has 16 heavy (non-hydrogen) atoms. The van der Waals surface area contributed by atoms with E-state index in [-0.39, 0.29) is 18.4 Å². The van der Waals surface area contributed by atoms with Crippen LogP contribution in [0.15, 0.2) is 18.2 Å². The minimum Gasteiger partial charge on any atom is -0.482 e. The fourth-order valence-corrected chi connectivity index (χ4v) is 2.04. The first-order valence-electron chi connectivity index (χ1n) is 5.24. The van der Waals surface area contributed by atoms with Crippen molar-refractivity contribution in [1.29, 1.82) is 5.26 Å². The molecule has 1 aliphatic carbocycles. The summed E-state index contributed by atoms with van der Waals surface area (Å²) < 4.78 is 5.27. The zero-order valence-corrected chi connectivity index (χ0v) is 8.56. The molecule has 3 rings (SSSR count). The highest BCUT2D eigenvalue weighted by molar-refractivity contribution is 5.95. The number of benzene rings is 1. The summed E-state index contributed by atoms with van der Waals surface area (Å²) in [6.07, 6.45) is 0.921. The van der Waals surface area contributed by atoms with E-state index < -0.39 is 0 Å². The quantitative estimate of drug-likeness (QED) is 0.773. The minimum atomic E-state index is -0.128. The van der Waals surface area contributed by atoms with Gasteiger partial charge < -0.3 is 10.1 Å². The number of ether oxygens (including phenoxy) is 1. The second kappa shape index (κ2) is 3.24. The monoisotopic (exact) mass is 214 g/mol. The Labute approximate surface area is 92.8 Å². The van der Waals surface area contributed by atoms with Crippen LogP contribution in [0.25, 0.3) is 0 Å². The standard InChI is InChI=1S/C12H10N2O2/c13-5-8-3-9(8)7-1-2-11-10(4-7)14-12(15)6-16-11/h1-2,4,8-9H,3,6H2,(H,14,15). The van der Waals surface area contributed by atoms with Crippen LogP contribution in [0, 0.1) is 17.2 Å². The van der Waals surface area contributed by atoms with Crippen molar-refractivity contribution in [1.82, 2.24) is 0 Å². The van der Waals surface area contributed by atoms with Crippen LogP contribution in [-0.4, -0.2) is 12.5 Å². The van der Waals surface area contributed by atoms with Gasteiger partial charge in [0.05, 0.1) is 17.7 Å². The van der Waals surface area contributed by atoms with E-state index in [4.69, 9.17) is 10.00 Å². The van der Waals surface area contributed by atoms with Crippen molar-refractivity contribution in [3.05, 3.63) is 23.8 Å². The molecule has 0 spiro atoms. The number of hydrogen-bond donors (Lipinski definition) is 1. The highest BCUT2D eigenvalue weighted by Gasteiger charge is 2.38. The number of hydrogen-bond acceptors (Lipinski definition) is 3. The molecule has 1 aromatic carbocycles. The molecule has 1 saturated carbocycles. The van der Waals surface area contributed by atoms with Crippen LogP contribution < -0.4 is 10.1 Å². The Balaban J connectivity index is 1.91. The minimum absolute atomic E-state index is 0.0800. The summed E-state index contributed by atoms with van der Waals surface area (Å²) in [7, 11) is 0. The molecule has 1 amide bonds. The topological polar surface area (TPSA) is 62.1 Å². The summed E-state index contributed by atoms with van der Waals surface area (Å²) >= 11 is 0. The summed E-state index contributed by atoms with van der Waals surface area (Å²) in [5.41, 5.74) is 1.83. The van der Waals surface area contributed by atoms with Crippen molar-refractivity contribution < 1.29 is 9.53 Å². The van der Waals surface area contributed by atoms with Crippen LogP contribution in [0.2, 0.25) is 0 Å². The Kier molecular flexibility index (Phi) is 1.87. The van der Waals surface area contributed by atoms with Crippen LogP contribution in [0.4, 0.5) is 5.69 Å². The average molecular weight is 214 g/mol. The van der Waals surface area contributed by atoms with Gasteiger partial charge >= 0.3 is 0 Å². The lowest BCUT2D eigenvalue weighted by Gasteiger charge is -2.18. The summed E-state index contributed by atoms with van der Waals surface area (Å²) in [6.45, 7) is 0.0800. The molecule has 2 atom stereocenters. The van der Waals surface area contributed by atoms with Gasteiger partial charge in [-0.25, -0.2) is 0 Å². The lowest BCUT2D eigenvalue weighted by atomic mass is 10.1. The normalized spacial score (nSPS) is 26.1. The second-order valence-corrected chi connectivity index (χ2v) is 4.17. The molecule has 0 saturated heterocycles. The first-order chi connectivity index (χ1) is 7.78. The van der Waals surface area contributed by atoms with Gasteiger partial charge in [0.2, 0.25) is 0 Å². The predicted molar refractivity (Wildman–Crippen MR) is 57.0 cm³/mol. The van der Waals surface area contributed by atoms with Crippen molar-refractivity contribution in [2.75, 3.05) is 11.9 Å². The highest BCUT2D eigenvalue weighted by Crippen LogP contribution is 2.48. The predicted octanol–water partition coefficient (Wildman–Crippen LogP) is 1.64. The van der Waals surface area contributed by atoms with Crippen LogP contribution in [-0.2, 0) is 4.79 Å². The van der Waals surface area contributed by atoms with E-state index in [0.29, 0.717) is 11.7 Å². The highest BCUT2D eigenvalue weighted by atomic mass is 16.5. The van der Waals surface area contributed by atoms with Crippen LogP contribution >= 0.6 is 0 Å². The Hall–Kier alpha value is -2.02. The number of rotatable bonds is 1. The average Bonchev–Trinajstić information content (AvgIpc) is 3.07. The maximum Gasteiger partial charge on any atom is 0.262 e. The third-order valence-corrected chi connectivity index (χ3v) is 3.02. The molecule has 0 bridgehead atoms. The van der Waals surface area contributed by atoms with Crippen molar-refractivity contribution in [3.8, 4) is 11.8 Å². The zero-order valence-electron chi connectivity index (χ0n) is 8.56. The van der Waals surface area contributed by atoms with Gasteiger partial charge in [-0.2, -0.15) is 5.26 Å². The summed E-state index contributed by atoms with van der Waals surface area (Å²) in [4.78, 5) is 11.2. The van der Waals surface area contributed by atoms with Gasteiger partial charge in [-0.05, 0) is 24.1 Å². The van der Waals surface area contributed by atoms with Crippen LogP contribution in [0.3, 0.4) is 0 Å². The lowest BCUT2D eigenvalue weighted by molar-refractivity contribution is -0.118. The van der Waals surface area contributed by atoms with Gasteiger partial charge in [0.1, 0.15) is 5.75 Å². The van der Waals surface area contributed by atoms with E-state index in [2.05, 4.69) is 11.4 Å². The molecule has 80 valence electrons. The van der Waals surface area contributed by atoms with E-state index in [1.807, 2.05) is 18.2 Å². The molecular formula is C12H10N2O2. The molecule has 1 N–H and O–H groups in total. The van der Waals surface area contributed by atoms with Crippen molar-refractivity contribution in [3.63, 3.8) is 0 Å². The molecule has 4 nitrogen and oxygen atoms in total. The van der Waals surface area contributed by atoms with E-state index >= 15 is 0 Å². The molecule has 1 aromatic rings. The molecule has 1 fully saturated rings. The van der Waals surface area contributed by atoms with E-state index in [1.54, 1.807) is 0 Å². The molecule has 2 aliphatic rings. The molecular weight excluding hydrogens is 204 g/mol. The first-order valence-corrected chi connectivity index (χ1v) is 5.24. The van der Waals surface area contributed by atoms with Crippen LogP contribution in [0.5, 0.6) is 5.75 Å². The molecule has 2 unspecified atom stereocenters. The maximum absolute atomic E-state index is 11.2. The van der Waals surface area contributed by atoms with Gasteiger partial charge in [-0.15, -0.1) is 0 Å². The van der Waals surface area contributed by atoms with E-state index in [9.17, 15) is 4.79 Å². The van der Waals surface area contributed by atoms with E-state index in [0.717, 1.165) is 17.7 Å². The van der Waals surface area contributed by atoms with Crippen molar-refractivity contribution in [2.24, 2.45) is 5.92 Å². The number of fused-ring (bicyclic) bond motifs is 1. The molecule has 0 radical (unpaired) electrons. The Morgan fingerprint density at radius 1 is 1.50 bits per heavy atom. The number of carbonyl (C=O) groups is 1. The Morgan fingerprint density at radius 2 is 2.38 bits per heavy atom. The van der Waals surface area contributed by atoms with Crippen molar-refractivity contribution in [2.45, 2.75) is 12.3 Å². The Morgan fingerprint density at radius 3 is 3.12 bits per heavy atom. The lowest BCUT2D eigenvalue weighted by Crippen LogP contribution is -2.25. The number of nitrogens with one attached hydrogen (secondary N) is 1. The third-order valence-electron chi connectivity index (χ3n) is 3.02. The summed E-state index contributed by atoms with van der Waals surface area (Å²) in [5, 5.41) is 11.5. The maximum atomic E-state index is 11.2. The third kappa shape index (κ3) is 1.41. The molecule has 1 aliphatic heterocycles. The molecule has 0 aromatic heterocycles. The summed E-state index contributed by atoms with van der Waals surface area (Å²) in [5.74, 6) is 1.04. The van der Waals surface area contributed by atoms with E-state index in [1.165, 1.54) is 0 Å².